The SMILES string of the molecule is CCOc1cc(Cl)ccc1CNC(=O)Cc1ccon1. The van der Waals surface area contributed by atoms with E-state index in [1.165, 1.54) is 6.26 Å². The van der Waals surface area contributed by atoms with Crippen molar-refractivity contribution in [1.29, 1.82) is 0 Å². The number of ether oxygens (including phenoxy) is 1. The third kappa shape index (κ3) is 3.99. The summed E-state index contributed by atoms with van der Waals surface area (Å²) < 4.78 is 10.2. The van der Waals surface area contributed by atoms with E-state index < -0.39 is 0 Å². The Labute approximate surface area is 121 Å². The van der Waals surface area contributed by atoms with E-state index >= 15 is 0 Å². The van der Waals surface area contributed by atoms with Crippen LogP contribution in [0.25, 0.3) is 0 Å². The van der Waals surface area contributed by atoms with Gasteiger partial charge in [-0.25, -0.2) is 0 Å². The maximum atomic E-state index is 11.8. The van der Waals surface area contributed by atoms with Crippen LogP contribution in [0.5, 0.6) is 5.75 Å². The summed E-state index contributed by atoms with van der Waals surface area (Å²) in [5, 5.41) is 7.11. The fourth-order valence-electron chi connectivity index (χ4n) is 1.71. The minimum atomic E-state index is -0.128. The lowest BCUT2D eigenvalue weighted by atomic mass is 10.2. The van der Waals surface area contributed by atoms with Gasteiger partial charge in [0.2, 0.25) is 5.91 Å². The second-order valence-electron chi connectivity index (χ2n) is 4.13. The molecule has 6 heteroatoms. The Bertz CT molecular complexity index is 570. The number of nitrogens with zero attached hydrogens (tertiary/aromatic N) is 1. The van der Waals surface area contributed by atoms with E-state index in [2.05, 4.69) is 15.0 Å². The molecule has 0 radical (unpaired) electrons. The number of halogens is 1. The summed E-state index contributed by atoms with van der Waals surface area (Å²) in [4.78, 5) is 11.8. The summed E-state index contributed by atoms with van der Waals surface area (Å²) in [5.41, 5.74) is 1.48. The maximum Gasteiger partial charge on any atom is 0.226 e. The zero-order valence-corrected chi connectivity index (χ0v) is 11.8. The minimum absolute atomic E-state index is 0.128. The third-order valence-corrected chi connectivity index (χ3v) is 2.87. The fourth-order valence-corrected chi connectivity index (χ4v) is 1.88. The lowest BCUT2D eigenvalue weighted by molar-refractivity contribution is -0.120. The van der Waals surface area contributed by atoms with Gasteiger partial charge in [-0.3, -0.25) is 4.79 Å². The standard InChI is InChI=1S/C14H15ClN2O3/c1-2-19-13-7-11(15)4-3-10(13)9-16-14(18)8-12-5-6-20-17-12/h3-7H,2,8-9H2,1H3,(H,16,18). The number of benzene rings is 1. The number of hydrogen-bond donors (Lipinski definition) is 1. The van der Waals surface area contributed by atoms with E-state index in [0.29, 0.717) is 29.6 Å². The largest absolute Gasteiger partial charge is 0.493 e. The van der Waals surface area contributed by atoms with E-state index in [1.54, 1.807) is 18.2 Å². The molecule has 0 aliphatic rings. The van der Waals surface area contributed by atoms with Crippen molar-refractivity contribution in [3.8, 4) is 5.75 Å². The monoisotopic (exact) mass is 294 g/mol. The Hall–Kier alpha value is -2.01. The van der Waals surface area contributed by atoms with Crippen LogP contribution in [0, 0.1) is 0 Å². The van der Waals surface area contributed by atoms with E-state index in [-0.39, 0.29) is 12.3 Å². The second kappa shape index (κ2) is 6.96. The summed E-state index contributed by atoms with van der Waals surface area (Å²) in [6.45, 7) is 2.82. The van der Waals surface area contributed by atoms with Gasteiger partial charge < -0.3 is 14.6 Å². The molecule has 0 saturated heterocycles. The van der Waals surface area contributed by atoms with Gasteiger partial charge in [0.1, 0.15) is 12.0 Å². The van der Waals surface area contributed by atoms with Crippen LogP contribution < -0.4 is 10.1 Å². The van der Waals surface area contributed by atoms with Crippen molar-refractivity contribution < 1.29 is 14.1 Å². The first kappa shape index (κ1) is 14.4. The van der Waals surface area contributed by atoms with Crippen LogP contribution in [-0.4, -0.2) is 17.7 Å². The van der Waals surface area contributed by atoms with E-state index in [1.807, 2.05) is 13.0 Å². The van der Waals surface area contributed by atoms with Crippen LogP contribution in [-0.2, 0) is 17.8 Å². The molecule has 0 saturated carbocycles. The summed E-state index contributed by atoms with van der Waals surface area (Å²) in [6, 6.07) is 7.00. The highest BCUT2D eigenvalue weighted by atomic mass is 35.5. The smallest absolute Gasteiger partial charge is 0.226 e. The van der Waals surface area contributed by atoms with Gasteiger partial charge in [-0.15, -0.1) is 0 Å². The second-order valence-corrected chi connectivity index (χ2v) is 4.57. The van der Waals surface area contributed by atoms with Crippen molar-refractivity contribution in [2.24, 2.45) is 0 Å². The quantitative estimate of drug-likeness (QED) is 0.889. The molecule has 0 aliphatic heterocycles. The Kier molecular flexibility index (Phi) is 5.01. The molecule has 0 aliphatic carbocycles. The molecule has 1 amide bonds. The molecule has 1 aromatic heterocycles. The van der Waals surface area contributed by atoms with Gasteiger partial charge >= 0.3 is 0 Å². The zero-order valence-electron chi connectivity index (χ0n) is 11.1. The van der Waals surface area contributed by atoms with Gasteiger partial charge in [-0.05, 0) is 19.1 Å². The van der Waals surface area contributed by atoms with Gasteiger partial charge in [0.25, 0.3) is 0 Å². The highest BCUT2D eigenvalue weighted by Crippen LogP contribution is 2.23. The average Bonchev–Trinajstić information content (AvgIpc) is 2.91. The number of amides is 1. The highest BCUT2D eigenvalue weighted by molar-refractivity contribution is 6.30. The molecule has 1 aromatic carbocycles. The van der Waals surface area contributed by atoms with Crippen LogP contribution in [0.1, 0.15) is 18.2 Å². The Morgan fingerprint density at radius 1 is 1.45 bits per heavy atom. The number of carbonyl (C=O) groups excluding carboxylic acids is 1. The van der Waals surface area contributed by atoms with Crippen molar-refractivity contribution in [1.82, 2.24) is 10.5 Å². The first-order chi connectivity index (χ1) is 9.69. The van der Waals surface area contributed by atoms with Crippen molar-refractivity contribution in [3.63, 3.8) is 0 Å². The molecule has 0 spiro atoms. The summed E-state index contributed by atoms with van der Waals surface area (Å²) in [7, 11) is 0. The summed E-state index contributed by atoms with van der Waals surface area (Å²) in [6.07, 6.45) is 1.63. The number of hydrogen-bond acceptors (Lipinski definition) is 4. The van der Waals surface area contributed by atoms with Gasteiger partial charge in [-0.1, -0.05) is 22.8 Å². The summed E-state index contributed by atoms with van der Waals surface area (Å²) in [5.74, 6) is 0.554. The maximum absolute atomic E-state index is 11.8. The van der Waals surface area contributed by atoms with Gasteiger partial charge in [0.05, 0.1) is 18.7 Å². The molecule has 0 bridgehead atoms. The van der Waals surface area contributed by atoms with Crippen molar-refractivity contribution in [3.05, 3.63) is 46.8 Å². The topological polar surface area (TPSA) is 64.4 Å². The van der Waals surface area contributed by atoms with E-state index in [4.69, 9.17) is 16.3 Å². The zero-order chi connectivity index (χ0) is 14.4. The predicted octanol–water partition coefficient (Wildman–Crippen LogP) is 2.59. The van der Waals surface area contributed by atoms with E-state index in [9.17, 15) is 4.79 Å². The van der Waals surface area contributed by atoms with Crippen LogP contribution >= 0.6 is 11.6 Å². The normalized spacial score (nSPS) is 10.3. The Morgan fingerprint density at radius 3 is 3.00 bits per heavy atom. The molecule has 106 valence electrons. The number of aromatic nitrogens is 1. The Morgan fingerprint density at radius 2 is 2.30 bits per heavy atom. The van der Waals surface area contributed by atoms with Crippen molar-refractivity contribution >= 4 is 17.5 Å². The fraction of sp³-hybridized carbons (Fsp3) is 0.286. The van der Waals surface area contributed by atoms with Gasteiger partial charge in [-0.2, -0.15) is 0 Å². The molecule has 5 nitrogen and oxygen atoms in total. The molecular weight excluding hydrogens is 280 g/mol. The molecule has 0 atom stereocenters. The highest BCUT2D eigenvalue weighted by Gasteiger charge is 2.09. The first-order valence-electron chi connectivity index (χ1n) is 6.26. The minimum Gasteiger partial charge on any atom is -0.493 e. The Balaban J connectivity index is 1.94. The van der Waals surface area contributed by atoms with Crippen molar-refractivity contribution in [2.45, 2.75) is 19.9 Å². The average molecular weight is 295 g/mol. The lowest BCUT2D eigenvalue weighted by Gasteiger charge is -2.11. The molecular formula is C14H15ClN2O3. The number of carbonyl (C=O) groups is 1. The molecule has 2 rings (SSSR count). The molecule has 0 unspecified atom stereocenters. The predicted molar refractivity (Wildman–Crippen MR) is 74.7 cm³/mol. The van der Waals surface area contributed by atoms with Gasteiger partial charge in [0.15, 0.2) is 0 Å². The molecule has 1 N–H and O–H groups in total. The lowest BCUT2D eigenvalue weighted by Crippen LogP contribution is -2.25. The molecule has 20 heavy (non-hydrogen) atoms. The van der Waals surface area contributed by atoms with Crippen molar-refractivity contribution in [2.75, 3.05) is 6.61 Å². The van der Waals surface area contributed by atoms with Crippen LogP contribution in [0.3, 0.4) is 0 Å². The first-order valence-corrected chi connectivity index (χ1v) is 6.64. The van der Waals surface area contributed by atoms with Gasteiger partial charge in [0, 0.05) is 23.2 Å². The molecule has 2 aromatic rings. The summed E-state index contributed by atoms with van der Waals surface area (Å²) >= 11 is 5.92. The molecule has 1 heterocycles. The van der Waals surface area contributed by atoms with Crippen LogP contribution in [0.15, 0.2) is 35.1 Å². The number of rotatable bonds is 6. The van der Waals surface area contributed by atoms with Crippen LogP contribution in [0.4, 0.5) is 0 Å². The number of nitrogens with one attached hydrogen (secondary N) is 1. The third-order valence-electron chi connectivity index (χ3n) is 2.64. The van der Waals surface area contributed by atoms with E-state index in [0.717, 1.165) is 5.56 Å². The van der Waals surface area contributed by atoms with Crippen LogP contribution in [0.2, 0.25) is 5.02 Å². The molecule has 0 fully saturated rings.